The van der Waals surface area contributed by atoms with Gasteiger partial charge in [-0.15, -0.1) is 10.0 Å². The summed E-state index contributed by atoms with van der Waals surface area (Å²) in [5.41, 5.74) is -0.0879. The van der Waals surface area contributed by atoms with Crippen LogP contribution in [0.15, 0.2) is 22.1 Å². The van der Waals surface area contributed by atoms with Crippen molar-refractivity contribution in [2.75, 3.05) is 0 Å². The van der Waals surface area contributed by atoms with Crippen LogP contribution >= 0.6 is 0 Å². The van der Waals surface area contributed by atoms with Crippen molar-refractivity contribution in [2.45, 2.75) is 26.3 Å². The first-order valence-corrected chi connectivity index (χ1v) is 4.13. The van der Waals surface area contributed by atoms with E-state index in [1.54, 1.807) is 17.5 Å². The highest BCUT2D eigenvalue weighted by atomic mass is 16.9. The minimum absolute atomic E-state index is 0.0879. The molecule has 2 rings (SSSR count). The highest BCUT2D eigenvalue weighted by molar-refractivity contribution is 6.16. The van der Waals surface area contributed by atoms with E-state index in [1.807, 2.05) is 6.20 Å². The summed E-state index contributed by atoms with van der Waals surface area (Å²) in [6, 6.07) is 0. The van der Waals surface area contributed by atoms with Crippen LogP contribution in [0.3, 0.4) is 0 Å². The third-order valence-electron chi connectivity index (χ3n) is 1.70. The van der Waals surface area contributed by atoms with Gasteiger partial charge in [0, 0.05) is 6.21 Å². The lowest BCUT2D eigenvalue weighted by atomic mass is 10.1. The average Bonchev–Trinajstić information content (AvgIpc) is 2.45. The SMILES string of the molecule is CC(C)(C)N1C=C2N=CC=NN2O1. The maximum atomic E-state index is 5.39. The van der Waals surface area contributed by atoms with E-state index < -0.39 is 0 Å². The van der Waals surface area contributed by atoms with Crippen molar-refractivity contribution < 1.29 is 4.94 Å². The molecular weight excluding hydrogens is 168 g/mol. The lowest BCUT2D eigenvalue weighted by molar-refractivity contribution is -0.292. The third kappa shape index (κ3) is 1.42. The molecule has 70 valence electrons. The van der Waals surface area contributed by atoms with E-state index in [0.29, 0.717) is 5.82 Å². The Labute approximate surface area is 76.9 Å². The van der Waals surface area contributed by atoms with Gasteiger partial charge < -0.3 is 0 Å². The van der Waals surface area contributed by atoms with Crippen molar-refractivity contribution in [1.29, 1.82) is 0 Å². The largest absolute Gasteiger partial charge is 0.232 e. The third-order valence-corrected chi connectivity index (χ3v) is 1.70. The van der Waals surface area contributed by atoms with E-state index in [2.05, 4.69) is 30.9 Å². The summed E-state index contributed by atoms with van der Waals surface area (Å²) >= 11 is 0. The number of hydrazone groups is 1. The highest BCUT2D eigenvalue weighted by Crippen LogP contribution is 2.26. The highest BCUT2D eigenvalue weighted by Gasteiger charge is 2.30. The summed E-state index contributed by atoms with van der Waals surface area (Å²) in [4.78, 5) is 9.49. The van der Waals surface area contributed by atoms with Crippen molar-refractivity contribution in [1.82, 2.24) is 10.2 Å². The normalized spacial score (nSPS) is 20.7. The van der Waals surface area contributed by atoms with Crippen LogP contribution < -0.4 is 0 Å². The van der Waals surface area contributed by atoms with Crippen LogP contribution in [-0.2, 0) is 4.94 Å². The number of nitrogens with zero attached hydrogens (tertiary/aromatic N) is 4. The molecule has 0 saturated carbocycles. The molecule has 0 unspecified atom stereocenters. The van der Waals surface area contributed by atoms with Gasteiger partial charge in [0.2, 0.25) is 0 Å². The molecule has 0 aromatic rings. The van der Waals surface area contributed by atoms with Gasteiger partial charge in [0.05, 0.1) is 18.0 Å². The Balaban J connectivity index is 2.21. The zero-order valence-electron chi connectivity index (χ0n) is 7.93. The number of fused-ring (bicyclic) bond motifs is 1. The van der Waals surface area contributed by atoms with Crippen molar-refractivity contribution in [3.63, 3.8) is 0 Å². The van der Waals surface area contributed by atoms with Crippen LogP contribution in [0.25, 0.3) is 0 Å². The molecular formula is C8H12N4O. The van der Waals surface area contributed by atoms with E-state index in [4.69, 9.17) is 4.94 Å². The number of hydrogen-bond donors (Lipinski definition) is 0. The molecule has 0 radical (unpaired) electrons. The Morgan fingerprint density at radius 1 is 1.31 bits per heavy atom. The fraction of sp³-hybridized carbons (Fsp3) is 0.500. The van der Waals surface area contributed by atoms with Crippen LogP contribution in [0.2, 0.25) is 0 Å². The molecule has 0 saturated heterocycles. The molecule has 13 heavy (non-hydrogen) atoms. The van der Waals surface area contributed by atoms with E-state index in [-0.39, 0.29) is 5.54 Å². The first kappa shape index (κ1) is 8.25. The Bertz CT molecular complexity index is 300. The second kappa shape index (κ2) is 2.56. The van der Waals surface area contributed by atoms with Gasteiger partial charge in [0.25, 0.3) is 0 Å². The van der Waals surface area contributed by atoms with Gasteiger partial charge in [-0.05, 0) is 20.8 Å². The maximum absolute atomic E-state index is 5.39. The molecule has 2 aliphatic rings. The fourth-order valence-corrected chi connectivity index (χ4v) is 0.982. The van der Waals surface area contributed by atoms with Crippen LogP contribution in [-0.4, -0.2) is 28.2 Å². The molecule has 0 N–H and O–H groups in total. The molecule has 0 atom stereocenters. The van der Waals surface area contributed by atoms with Gasteiger partial charge in [-0.3, -0.25) is 0 Å². The van der Waals surface area contributed by atoms with Gasteiger partial charge in [-0.25, -0.2) is 10.1 Å². The van der Waals surface area contributed by atoms with Crippen LogP contribution in [0.5, 0.6) is 0 Å². The molecule has 0 aromatic carbocycles. The first-order chi connectivity index (χ1) is 6.07. The smallest absolute Gasteiger partial charge is 0.199 e. The molecule has 0 aliphatic carbocycles. The number of aliphatic imine (C=N–C) groups is 1. The Morgan fingerprint density at radius 3 is 2.69 bits per heavy atom. The average molecular weight is 180 g/mol. The summed E-state index contributed by atoms with van der Waals surface area (Å²) in [7, 11) is 0. The van der Waals surface area contributed by atoms with Crippen molar-refractivity contribution in [2.24, 2.45) is 10.1 Å². The van der Waals surface area contributed by atoms with E-state index >= 15 is 0 Å². The summed E-state index contributed by atoms with van der Waals surface area (Å²) < 4.78 is 0. The molecule has 0 amide bonds. The minimum Gasteiger partial charge on any atom is -0.232 e. The zero-order chi connectivity index (χ0) is 9.47. The van der Waals surface area contributed by atoms with Gasteiger partial charge in [0.1, 0.15) is 0 Å². The zero-order valence-corrected chi connectivity index (χ0v) is 7.93. The number of hydrogen-bond acceptors (Lipinski definition) is 5. The van der Waals surface area contributed by atoms with Crippen LogP contribution in [0, 0.1) is 0 Å². The molecule has 0 fully saturated rings. The van der Waals surface area contributed by atoms with Gasteiger partial charge in [-0.1, -0.05) is 5.17 Å². The number of rotatable bonds is 0. The van der Waals surface area contributed by atoms with Crippen molar-refractivity contribution in [3.05, 3.63) is 12.0 Å². The lowest BCUT2D eigenvalue weighted by Crippen LogP contribution is -2.36. The predicted molar refractivity (Wildman–Crippen MR) is 49.6 cm³/mol. The minimum atomic E-state index is -0.0879. The van der Waals surface area contributed by atoms with Gasteiger partial charge in [0.15, 0.2) is 5.82 Å². The van der Waals surface area contributed by atoms with Gasteiger partial charge >= 0.3 is 0 Å². The van der Waals surface area contributed by atoms with Crippen molar-refractivity contribution in [3.8, 4) is 0 Å². The molecule has 5 heteroatoms. The second-order valence-electron chi connectivity index (χ2n) is 3.88. The van der Waals surface area contributed by atoms with Crippen LogP contribution in [0.4, 0.5) is 0 Å². The Morgan fingerprint density at radius 2 is 2.08 bits per heavy atom. The lowest BCUT2D eigenvalue weighted by Gasteiger charge is -2.29. The molecule has 0 aromatic heterocycles. The van der Waals surface area contributed by atoms with E-state index in [0.717, 1.165) is 0 Å². The first-order valence-electron chi connectivity index (χ1n) is 4.13. The Kier molecular flexibility index (Phi) is 1.63. The van der Waals surface area contributed by atoms with Crippen LogP contribution in [0.1, 0.15) is 20.8 Å². The quantitative estimate of drug-likeness (QED) is 0.560. The summed E-state index contributed by atoms with van der Waals surface area (Å²) in [5, 5.41) is 7.10. The molecule has 2 aliphatic heterocycles. The monoisotopic (exact) mass is 180 g/mol. The Hall–Kier alpha value is -1.36. The van der Waals surface area contributed by atoms with E-state index in [1.165, 1.54) is 5.17 Å². The van der Waals surface area contributed by atoms with Gasteiger partial charge in [-0.2, -0.15) is 0 Å². The topological polar surface area (TPSA) is 40.4 Å². The molecule has 5 nitrogen and oxygen atoms in total. The van der Waals surface area contributed by atoms with Crippen molar-refractivity contribution >= 4 is 12.4 Å². The molecule has 0 spiro atoms. The second-order valence-corrected chi connectivity index (χ2v) is 3.88. The maximum Gasteiger partial charge on any atom is 0.199 e. The molecule has 0 bridgehead atoms. The summed E-state index contributed by atoms with van der Waals surface area (Å²) in [5.74, 6) is 0.706. The molecule has 2 heterocycles. The standard InChI is InChI=1S/C8H12N4O/c1-8(2,3)11-6-7-9-4-5-10-12(7)13-11/h4-6H,1-3H3. The summed E-state index contributed by atoms with van der Waals surface area (Å²) in [6.45, 7) is 6.15. The predicted octanol–water partition coefficient (Wildman–Crippen LogP) is 1.12. The fourth-order valence-electron chi connectivity index (χ4n) is 0.982. The number of hydroxylamine groups is 3. The van der Waals surface area contributed by atoms with E-state index in [9.17, 15) is 0 Å². The summed E-state index contributed by atoms with van der Waals surface area (Å²) in [6.07, 6.45) is 5.05.